The summed E-state index contributed by atoms with van der Waals surface area (Å²) in [5.74, 6) is 0.152. The van der Waals surface area contributed by atoms with Gasteiger partial charge in [-0.25, -0.2) is 0 Å². The molecule has 1 aromatic rings. The van der Waals surface area contributed by atoms with E-state index in [9.17, 15) is 4.79 Å². The van der Waals surface area contributed by atoms with E-state index < -0.39 is 0 Å². The quantitative estimate of drug-likeness (QED) is 0.714. The lowest BCUT2D eigenvalue weighted by atomic mass is 10.1. The van der Waals surface area contributed by atoms with E-state index in [2.05, 4.69) is 10.2 Å². The Morgan fingerprint density at radius 2 is 2.08 bits per heavy atom. The van der Waals surface area contributed by atoms with Crippen molar-refractivity contribution in [3.63, 3.8) is 0 Å². The SMILES string of the molecule is O=C(c1cc(Cl)nnc1Cl)C1CC1. The van der Waals surface area contributed by atoms with Crippen molar-refractivity contribution in [3.8, 4) is 0 Å². The number of carbonyl (C=O) groups excluding carboxylic acids is 1. The number of Topliss-reactive ketones (excluding diaryl/α,β-unsaturated/α-hetero) is 1. The molecule has 5 heteroatoms. The minimum absolute atomic E-state index is 0.0294. The summed E-state index contributed by atoms with van der Waals surface area (Å²) in [7, 11) is 0. The van der Waals surface area contributed by atoms with Crippen molar-refractivity contribution >= 4 is 29.0 Å². The number of hydrogen-bond acceptors (Lipinski definition) is 3. The molecule has 0 saturated heterocycles. The average molecular weight is 217 g/mol. The Morgan fingerprint density at radius 3 is 2.69 bits per heavy atom. The van der Waals surface area contributed by atoms with Crippen molar-refractivity contribution in [2.24, 2.45) is 5.92 Å². The Balaban J connectivity index is 2.37. The second-order valence-electron chi connectivity index (χ2n) is 3.01. The molecule has 0 aliphatic heterocycles. The first-order chi connectivity index (χ1) is 6.18. The first-order valence-electron chi connectivity index (χ1n) is 3.91. The van der Waals surface area contributed by atoms with E-state index in [-0.39, 0.29) is 22.0 Å². The maximum Gasteiger partial charge on any atom is 0.169 e. The maximum atomic E-state index is 11.6. The van der Waals surface area contributed by atoms with Crippen LogP contribution in [-0.2, 0) is 0 Å². The van der Waals surface area contributed by atoms with Crippen LogP contribution >= 0.6 is 23.2 Å². The van der Waals surface area contributed by atoms with Crippen LogP contribution in [0.25, 0.3) is 0 Å². The fourth-order valence-electron chi connectivity index (χ4n) is 1.09. The summed E-state index contributed by atoms with van der Waals surface area (Å²) in [4.78, 5) is 11.6. The molecule has 0 amide bonds. The summed E-state index contributed by atoms with van der Waals surface area (Å²) < 4.78 is 0. The number of ketones is 1. The molecule has 0 bridgehead atoms. The topological polar surface area (TPSA) is 42.9 Å². The summed E-state index contributed by atoms with van der Waals surface area (Å²) in [6.45, 7) is 0. The highest BCUT2D eigenvalue weighted by molar-refractivity contribution is 6.34. The van der Waals surface area contributed by atoms with Crippen LogP contribution in [0.4, 0.5) is 0 Å². The van der Waals surface area contributed by atoms with Gasteiger partial charge in [-0.05, 0) is 18.9 Å². The van der Waals surface area contributed by atoms with E-state index in [1.54, 1.807) is 0 Å². The first-order valence-corrected chi connectivity index (χ1v) is 4.67. The molecule has 0 radical (unpaired) electrons. The third kappa shape index (κ3) is 1.81. The van der Waals surface area contributed by atoms with Crippen LogP contribution in [0.2, 0.25) is 10.3 Å². The number of nitrogens with zero attached hydrogens (tertiary/aromatic N) is 2. The molecule has 1 aliphatic rings. The summed E-state index contributed by atoms with van der Waals surface area (Å²) in [6.07, 6.45) is 1.88. The molecule has 0 N–H and O–H groups in total. The zero-order valence-corrected chi connectivity index (χ0v) is 8.14. The lowest BCUT2D eigenvalue weighted by Gasteiger charge is -1.99. The van der Waals surface area contributed by atoms with Crippen molar-refractivity contribution in [3.05, 3.63) is 21.9 Å². The number of aromatic nitrogens is 2. The van der Waals surface area contributed by atoms with Crippen LogP contribution in [0.5, 0.6) is 0 Å². The van der Waals surface area contributed by atoms with Crippen molar-refractivity contribution < 1.29 is 4.79 Å². The van der Waals surface area contributed by atoms with Gasteiger partial charge in [0.05, 0.1) is 5.56 Å². The Kier molecular flexibility index (Phi) is 2.22. The minimum atomic E-state index is 0.0294. The van der Waals surface area contributed by atoms with E-state index in [1.165, 1.54) is 6.07 Å². The summed E-state index contributed by atoms with van der Waals surface area (Å²) >= 11 is 11.3. The van der Waals surface area contributed by atoms with Gasteiger partial charge >= 0.3 is 0 Å². The van der Waals surface area contributed by atoms with Crippen LogP contribution in [-0.4, -0.2) is 16.0 Å². The fourth-order valence-corrected chi connectivity index (χ4v) is 1.42. The molecule has 2 rings (SSSR count). The lowest BCUT2D eigenvalue weighted by Crippen LogP contribution is -2.04. The lowest BCUT2D eigenvalue weighted by molar-refractivity contribution is 0.0967. The molecule has 0 aromatic carbocycles. The van der Waals surface area contributed by atoms with E-state index in [0.717, 1.165) is 12.8 Å². The Bertz CT molecular complexity index is 363. The average Bonchev–Trinajstić information content (AvgIpc) is 2.91. The van der Waals surface area contributed by atoms with E-state index in [1.807, 2.05) is 0 Å². The van der Waals surface area contributed by atoms with Crippen molar-refractivity contribution in [1.29, 1.82) is 0 Å². The smallest absolute Gasteiger partial charge is 0.169 e. The monoisotopic (exact) mass is 216 g/mol. The second kappa shape index (κ2) is 3.24. The Morgan fingerprint density at radius 1 is 1.38 bits per heavy atom. The maximum absolute atomic E-state index is 11.6. The number of halogens is 2. The zero-order chi connectivity index (χ0) is 9.42. The van der Waals surface area contributed by atoms with Gasteiger partial charge in [0, 0.05) is 5.92 Å². The number of carbonyl (C=O) groups is 1. The summed E-state index contributed by atoms with van der Waals surface area (Å²) in [6, 6.07) is 1.47. The molecule has 0 spiro atoms. The molecule has 13 heavy (non-hydrogen) atoms. The second-order valence-corrected chi connectivity index (χ2v) is 3.76. The van der Waals surface area contributed by atoms with E-state index in [0.29, 0.717) is 5.56 Å². The third-order valence-corrected chi connectivity index (χ3v) is 2.40. The molecule has 1 saturated carbocycles. The van der Waals surface area contributed by atoms with Gasteiger partial charge in [0.15, 0.2) is 16.1 Å². The number of hydrogen-bond donors (Lipinski definition) is 0. The van der Waals surface area contributed by atoms with Crippen molar-refractivity contribution in [2.45, 2.75) is 12.8 Å². The van der Waals surface area contributed by atoms with Gasteiger partial charge in [-0.15, -0.1) is 10.2 Å². The standard InChI is InChI=1S/C8H6Cl2N2O/c9-6-3-5(8(10)12-11-6)7(13)4-1-2-4/h3-4H,1-2H2. The first kappa shape index (κ1) is 8.91. The molecule has 1 heterocycles. The Hall–Kier alpha value is -0.670. The highest BCUT2D eigenvalue weighted by Crippen LogP contribution is 2.34. The molecule has 0 atom stereocenters. The van der Waals surface area contributed by atoms with Crippen molar-refractivity contribution in [1.82, 2.24) is 10.2 Å². The highest BCUT2D eigenvalue weighted by atomic mass is 35.5. The number of rotatable bonds is 2. The molecule has 1 aromatic heterocycles. The van der Waals surface area contributed by atoms with Gasteiger partial charge in [0.1, 0.15) is 0 Å². The Labute approximate surface area is 85.1 Å². The molecule has 68 valence electrons. The van der Waals surface area contributed by atoms with Gasteiger partial charge in [0.25, 0.3) is 0 Å². The van der Waals surface area contributed by atoms with Crippen LogP contribution in [0, 0.1) is 5.92 Å². The predicted octanol–water partition coefficient (Wildman–Crippen LogP) is 2.38. The van der Waals surface area contributed by atoms with Gasteiger partial charge in [0.2, 0.25) is 0 Å². The van der Waals surface area contributed by atoms with Crippen LogP contribution in [0.3, 0.4) is 0 Å². The summed E-state index contributed by atoms with van der Waals surface area (Å²) in [5.41, 5.74) is 0.393. The zero-order valence-electron chi connectivity index (χ0n) is 6.63. The third-order valence-electron chi connectivity index (χ3n) is 1.93. The molecule has 3 nitrogen and oxygen atoms in total. The highest BCUT2D eigenvalue weighted by Gasteiger charge is 2.32. The van der Waals surface area contributed by atoms with E-state index >= 15 is 0 Å². The molecule has 0 unspecified atom stereocenters. The molecular weight excluding hydrogens is 211 g/mol. The van der Waals surface area contributed by atoms with Gasteiger partial charge in [-0.1, -0.05) is 23.2 Å². The van der Waals surface area contributed by atoms with Gasteiger partial charge in [-0.2, -0.15) is 0 Å². The fraction of sp³-hybridized carbons (Fsp3) is 0.375. The largest absolute Gasteiger partial charge is 0.294 e. The van der Waals surface area contributed by atoms with E-state index in [4.69, 9.17) is 23.2 Å². The molecular formula is C8H6Cl2N2O. The normalized spacial score (nSPS) is 15.8. The molecule has 1 fully saturated rings. The minimum Gasteiger partial charge on any atom is -0.294 e. The summed E-state index contributed by atoms with van der Waals surface area (Å²) in [5, 5.41) is 7.45. The van der Waals surface area contributed by atoms with Gasteiger partial charge in [-0.3, -0.25) is 4.79 Å². The van der Waals surface area contributed by atoms with Crippen LogP contribution in [0.15, 0.2) is 6.07 Å². The van der Waals surface area contributed by atoms with Crippen LogP contribution in [0.1, 0.15) is 23.2 Å². The van der Waals surface area contributed by atoms with Gasteiger partial charge < -0.3 is 0 Å². The van der Waals surface area contributed by atoms with Crippen LogP contribution < -0.4 is 0 Å². The molecule has 1 aliphatic carbocycles. The van der Waals surface area contributed by atoms with Crippen molar-refractivity contribution in [2.75, 3.05) is 0 Å². The predicted molar refractivity (Wildman–Crippen MR) is 49.1 cm³/mol.